The molecule has 3 aromatic rings. The van der Waals surface area contributed by atoms with Crippen LogP contribution in [0.25, 0.3) is 22.4 Å². The number of aromatic hydroxyl groups is 1. The van der Waals surface area contributed by atoms with E-state index in [4.69, 9.17) is 18.9 Å². The van der Waals surface area contributed by atoms with Crippen molar-refractivity contribution < 1.29 is 29.3 Å². The highest BCUT2D eigenvalue weighted by Gasteiger charge is 2.21. The van der Waals surface area contributed by atoms with Gasteiger partial charge in [-0.1, -0.05) is 6.07 Å². The lowest BCUT2D eigenvalue weighted by Crippen LogP contribution is -1.99. The molecule has 2 aromatic carbocycles. The Bertz CT molecular complexity index is 942. The first kappa shape index (κ1) is 18.2. The standard InChI is InChI=1S/C19H20N2O6/c1-24-15-6-5-11(7-14(15)22)13-10-20-21(23)18(13)12-8-16(25-2)19(27-4)17(9-12)26-3/h5-10,22-23H,1-4H3. The Kier molecular flexibility index (Phi) is 4.98. The number of phenols is 1. The molecule has 0 saturated heterocycles. The van der Waals surface area contributed by atoms with Crippen LogP contribution in [0.15, 0.2) is 36.5 Å². The Labute approximate surface area is 156 Å². The third-order valence-corrected chi connectivity index (χ3v) is 4.18. The van der Waals surface area contributed by atoms with E-state index in [1.54, 1.807) is 24.3 Å². The lowest BCUT2D eigenvalue weighted by molar-refractivity contribution is 0.153. The number of phenolic OH excluding ortho intramolecular Hbond substituents is 1. The van der Waals surface area contributed by atoms with Crippen molar-refractivity contribution in [3.05, 3.63) is 36.5 Å². The van der Waals surface area contributed by atoms with Crippen LogP contribution < -0.4 is 18.9 Å². The van der Waals surface area contributed by atoms with E-state index < -0.39 is 0 Å². The van der Waals surface area contributed by atoms with Gasteiger partial charge in [0.2, 0.25) is 5.75 Å². The molecule has 1 aromatic heterocycles. The predicted octanol–water partition coefficient (Wildman–Crippen LogP) is 3.19. The first-order valence-electron chi connectivity index (χ1n) is 7.99. The van der Waals surface area contributed by atoms with Gasteiger partial charge in [0.25, 0.3) is 0 Å². The number of rotatable bonds is 6. The number of methoxy groups -OCH3 is 4. The van der Waals surface area contributed by atoms with Crippen LogP contribution in [0.3, 0.4) is 0 Å². The van der Waals surface area contributed by atoms with E-state index in [2.05, 4.69) is 5.10 Å². The fourth-order valence-electron chi connectivity index (χ4n) is 2.90. The van der Waals surface area contributed by atoms with Crippen molar-refractivity contribution in [3.8, 4) is 51.1 Å². The van der Waals surface area contributed by atoms with Gasteiger partial charge in [0.05, 0.1) is 34.6 Å². The maximum atomic E-state index is 10.3. The molecule has 0 fully saturated rings. The third-order valence-electron chi connectivity index (χ3n) is 4.18. The molecule has 0 radical (unpaired) electrons. The van der Waals surface area contributed by atoms with Gasteiger partial charge in [0.15, 0.2) is 23.0 Å². The largest absolute Gasteiger partial charge is 0.504 e. The fourth-order valence-corrected chi connectivity index (χ4v) is 2.90. The summed E-state index contributed by atoms with van der Waals surface area (Å²) in [6.45, 7) is 0. The van der Waals surface area contributed by atoms with Gasteiger partial charge in [-0.05, 0) is 29.8 Å². The van der Waals surface area contributed by atoms with Crippen LogP contribution in [-0.4, -0.2) is 48.7 Å². The normalized spacial score (nSPS) is 10.5. The van der Waals surface area contributed by atoms with E-state index in [-0.39, 0.29) is 5.75 Å². The molecule has 142 valence electrons. The molecule has 3 rings (SSSR count). The molecule has 0 atom stereocenters. The second-order valence-electron chi connectivity index (χ2n) is 5.60. The zero-order chi connectivity index (χ0) is 19.6. The summed E-state index contributed by atoms with van der Waals surface area (Å²) in [5.41, 5.74) is 2.25. The molecule has 0 amide bonds. The molecular formula is C19H20N2O6. The molecule has 0 aliphatic rings. The molecule has 2 N–H and O–H groups in total. The van der Waals surface area contributed by atoms with Crippen LogP contribution in [-0.2, 0) is 0 Å². The van der Waals surface area contributed by atoms with Gasteiger partial charge in [0, 0.05) is 11.1 Å². The van der Waals surface area contributed by atoms with Gasteiger partial charge < -0.3 is 29.3 Å². The first-order valence-corrected chi connectivity index (χ1v) is 7.99. The van der Waals surface area contributed by atoms with Crippen molar-refractivity contribution in [2.45, 2.75) is 0 Å². The number of hydrogen-bond donors (Lipinski definition) is 2. The zero-order valence-corrected chi connectivity index (χ0v) is 15.4. The minimum Gasteiger partial charge on any atom is -0.504 e. The van der Waals surface area contributed by atoms with E-state index in [9.17, 15) is 10.3 Å². The van der Waals surface area contributed by atoms with E-state index in [0.717, 1.165) is 4.85 Å². The molecule has 8 nitrogen and oxygen atoms in total. The second kappa shape index (κ2) is 7.36. The second-order valence-corrected chi connectivity index (χ2v) is 5.60. The molecule has 0 saturated carbocycles. The summed E-state index contributed by atoms with van der Waals surface area (Å²) in [7, 11) is 6.02. The quantitative estimate of drug-likeness (QED) is 0.642. The molecule has 0 aliphatic carbocycles. The fraction of sp³-hybridized carbons (Fsp3) is 0.211. The molecule has 1 heterocycles. The Morgan fingerprint density at radius 2 is 1.44 bits per heavy atom. The van der Waals surface area contributed by atoms with Crippen LogP contribution in [0.5, 0.6) is 28.7 Å². The zero-order valence-electron chi connectivity index (χ0n) is 15.4. The minimum atomic E-state index is -0.0171. The average molecular weight is 372 g/mol. The lowest BCUT2D eigenvalue weighted by atomic mass is 10.0. The summed E-state index contributed by atoms with van der Waals surface area (Å²) in [6, 6.07) is 8.35. The summed E-state index contributed by atoms with van der Waals surface area (Å²) >= 11 is 0. The maximum absolute atomic E-state index is 10.3. The van der Waals surface area contributed by atoms with Crippen LogP contribution in [0.2, 0.25) is 0 Å². The Hall–Kier alpha value is -3.55. The van der Waals surface area contributed by atoms with Crippen molar-refractivity contribution in [3.63, 3.8) is 0 Å². The Morgan fingerprint density at radius 1 is 0.815 bits per heavy atom. The summed E-state index contributed by atoms with van der Waals surface area (Å²) in [5, 5.41) is 24.3. The third kappa shape index (κ3) is 3.17. The monoisotopic (exact) mass is 372 g/mol. The van der Waals surface area contributed by atoms with Crippen molar-refractivity contribution in [1.82, 2.24) is 9.94 Å². The summed E-state index contributed by atoms with van der Waals surface area (Å²) in [6.07, 6.45) is 1.50. The molecule has 0 unspecified atom stereocenters. The number of benzene rings is 2. The number of hydrogen-bond acceptors (Lipinski definition) is 7. The van der Waals surface area contributed by atoms with Gasteiger partial charge in [-0.15, -0.1) is 9.94 Å². The van der Waals surface area contributed by atoms with Gasteiger partial charge >= 0.3 is 0 Å². The van der Waals surface area contributed by atoms with Crippen molar-refractivity contribution in [2.75, 3.05) is 28.4 Å². The highest BCUT2D eigenvalue weighted by atomic mass is 16.5. The van der Waals surface area contributed by atoms with E-state index in [0.29, 0.717) is 45.4 Å². The number of nitrogens with zero attached hydrogens (tertiary/aromatic N) is 2. The topological polar surface area (TPSA) is 95.2 Å². The Balaban J connectivity index is 2.19. The highest BCUT2D eigenvalue weighted by Crippen LogP contribution is 2.43. The first-order chi connectivity index (χ1) is 13.0. The smallest absolute Gasteiger partial charge is 0.203 e. The van der Waals surface area contributed by atoms with Gasteiger partial charge in [-0.25, -0.2) is 0 Å². The maximum Gasteiger partial charge on any atom is 0.203 e. The minimum absolute atomic E-state index is 0.0171. The molecular weight excluding hydrogens is 352 g/mol. The number of ether oxygens (including phenoxy) is 4. The van der Waals surface area contributed by atoms with E-state index in [1.807, 2.05) is 0 Å². The summed E-state index contributed by atoms with van der Waals surface area (Å²) in [5.74, 6) is 1.66. The van der Waals surface area contributed by atoms with E-state index in [1.165, 1.54) is 40.7 Å². The molecule has 0 aliphatic heterocycles. The predicted molar refractivity (Wildman–Crippen MR) is 98.2 cm³/mol. The summed E-state index contributed by atoms with van der Waals surface area (Å²) in [4.78, 5) is 0.761. The van der Waals surface area contributed by atoms with Gasteiger partial charge in [-0.3, -0.25) is 0 Å². The average Bonchev–Trinajstić information content (AvgIpc) is 3.08. The lowest BCUT2D eigenvalue weighted by Gasteiger charge is -2.15. The van der Waals surface area contributed by atoms with Gasteiger partial charge in [0.1, 0.15) is 5.69 Å². The molecule has 0 bridgehead atoms. The molecule has 0 spiro atoms. The Morgan fingerprint density at radius 3 is 1.96 bits per heavy atom. The molecule has 27 heavy (non-hydrogen) atoms. The van der Waals surface area contributed by atoms with Gasteiger partial charge in [-0.2, -0.15) is 0 Å². The van der Waals surface area contributed by atoms with Crippen LogP contribution >= 0.6 is 0 Å². The molecule has 8 heteroatoms. The highest BCUT2D eigenvalue weighted by molar-refractivity contribution is 5.83. The van der Waals surface area contributed by atoms with Crippen LogP contribution in [0.1, 0.15) is 0 Å². The summed E-state index contributed by atoms with van der Waals surface area (Å²) < 4.78 is 21.2. The van der Waals surface area contributed by atoms with E-state index >= 15 is 0 Å². The van der Waals surface area contributed by atoms with Crippen molar-refractivity contribution in [1.29, 1.82) is 0 Å². The van der Waals surface area contributed by atoms with Crippen molar-refractivity contribution in [2.24, 2.45) is 0 Å². The number of aromatic nitrogens is 2. The van der Waals surface area contributed by atoms with Crippen LogP contribution in [0, 0.1) is 0 Å². The van der Waals surface area contributed by atoms with Crippen molar-refractivity contribution >= 4 is 0 Å². The SMILES string of the molecule is COc1ccc(-c2cnn(O)c2-c2cc(OC)c(OC)c(OC)c2)cc1O. The van der Waals surface area contributed by atoms with Crippen LogP contribution in [0.4, 0.5) is 0 Å².